The molecule has 1 fully saturated rings. The molecule has 0 aliphatic carbocycles. The molecule has 1 aliphatic rings. The highest BCUT2D eigenvalue weighted by atomic mass is 32.1. The third-order valence-electron chi connectivity index (χ3n) is 2.48. The van der Waals surface area contributed by atoms with Gasteiger partial charge >= 0.3 is 6.09 Å². The van der Waals surface area contributed by atoms with Crippen molar-refractivity contribution in [3.05, 3.63) is 16.6 Å². The zero-order valence-electron chi connectivity index (χ0n) is 7.72. The van der Waals surface area contributed by atoms with Gasteiger partial charge in [0.25, 0.3) is 0 Å². The Balaban J connectivity index is 2.18. The fourth-order valence-electron chi connectivity index (χ4n) is 1.82. The average Bonchev–Trinajstić information content (AvgIpc) is 2.70. The number of rotatable bonds is 1. The summed E-state index contributed by atoms with van der Waals surface area (Å²) in [6, 6.07) is -0.0127. The van der Waals surface area contributed by atoms with E-state index in [1.54, 1.807) is 6.20 Å². The van der Waals surface area contributed by atoms with Crippen molar-refractivity contribution < 1.29 is 9.90 Å². The van der Waals surface area contributed by atoms with Crippen LogP contribution >= 0.6 is 11.3 Å². The summed E-state index contributed by atoms with van der Waals surface area (Å²) in [4.78, 5) is 16.7. The van der Waals surface area contributed by atoms with Gasteiger partial charge in [-0.15, -0.1) is 11.3 Å². The normalized spacial score (nSPS) is 22.3. The second-order valence-electron chi connectivity index (χ2n) is 3.36. The van der Waals surface area contributed by atoms with Crippen LogP contribution in [-0.4, -0.2) is 27.6 Å². The van der Waals surface area contributed by atoms with E-state index in [0.717, 1.165) is 24.3 Å². The van der Waals surface area contributed by atoms with Gasteiger partial charge in [-0.05, 0) is 19.3 Å². The van der Waals surface area contributed by atoms with E-state index in [0.29, 0.717) is 6.54 Å². The summed E-state index contributed by atoms with van der Waals surface area (Å²) in [6.45, 7) is 0.638. The summed E-state index contributed by atoms with van der Waals surface area (Å²) in [5, 5.41) is 11.8. The number of aromatic nitrogens is 1. The highest BCUT2D eigenvalue weighted by molar-refractivity contribution is 7.09. The Morgan fingerprint density at radius 1 is 1.64 bits per heavy atom. The lowest BCUT2D eigenvalue weighted by Gasteiger charge is -2.31. The molecule has 0 radical (unpaired) electrons. The van der Waals surface area contributed by atoms with Crippen LogP contribution in [0.2, 0.25) is 0 Å². The number of hydrogen-bond acceptors (Lipinski definition) is 3. The molecule has 5 heteroatoms. The molecule has 1 atom stereocenters. The third kappa shape index (κ3) is 1.72. The maximum atomic E-state index is 11.0. The molecule has 0 bridgehead atoms. The SMILES string of the molecule is O=C(O)N1CCCCC1c1nccs1. The first-order chi connectivity index (χ1) is 6.79. The number of likely N-dealkylation sites (tertiary alicyclic amines) is 1. The lowest BCUT2D eigenvalue weighted by Crippen LogP contribution is -2.37. The van der Waals surface area contributed by atoms with Crippen molar-refractivity contribution in [2.24, 2.45) is 0 Å². The quantitative estimate of drug-likeness (QED) is 0.777. The predicted octanol–water partition coefficient (Wildman–Crippen LogP) is 2.35. The molecule has 14 heavy (non-hydrogen) atoms. The van der Waals surface area contributed by atoms with Gasteiger partial charge in [0.2, 0.25) is 0 Å². The first-order valence-electron chi connectivity index (χ1n) is 4.68. The summed E-state index contributed by atoms with van der Waals surface area (Å²) < 4.78 is 0. The van der Waals surface area contributed by atoms with Gasteiger partial charge in [0.05, 0.1) is 6.04 Å². The van der Waals surface area contributed by atoms with Crippen LogP contribution in [0.5, 0.6) is 0 Å². The summed E-state index contributed by atoms with van der Waals surface area (Å²) >= 11 is 1.53. The number of carboxylic acid groups (broad SMARTS) is 1. The van der Waals surface area contributed by atoms with E-state index in [9.17, 15) is 4.79 Å². The molecule has 1 aliphatic heterocycles. The second-order valence-corrected chi connectivity index (χ2v) is 4.28. The summed E-state index contributed by atoms with van der Waals surface area (Å²) in [5.74, 6) is 0. The molecule has 1 amide bonds. The van der Waals surface area contributed by atoms with Crippen molar-refractivity contribution in [1.82, 2.24) is 9.88 Å². The summed E-state index contributed by atoms with van der Waals surface area (Å²) in [6.07, 6.45) is 3.86. The lowest BCUT2D eigenvalue weighted by molar-refractivity contribution is 0.106. The molecule has 4 nitrogen and oxygen atoms in total. The Kier molecular flexibility index (Phi) is 2.67. The minimum absolute atomic E-state index is 0.0127. The number of nitrogens with zero attached hydrogens (tertiary/aromatic N) is 2. The molecule has 1 N–H and O–H groups in total. The minimum Gasteiger partial charge on any atom is -0.465 e. The molecule has 0 aromatic carbocycles. The average molecular weight is 212 g/mol. The van der Waals surface area contributed by atoms with Crippen LogP contribution < -0.4 is 0 Å². The van der Waals surface area contributed by atoms with Gasteiger partial charge in [-0.1, -0.05) is 0 Å². The van der Waals surface area contributed by atoms with Crippen LogP contribution in [0.3, 0.4) is 0 Å². The number of piperidine rings is 1. The van der Waals surface area contributed by atoms with Gasteiger partial charge in [-0.25, -0.2) is 9.78 Å². The highest BCUT2D eigenvalue weighted by Gasteiger charge is 2.29. The van der Waals surface area contributed by atoms with E-state index in [4.69, 9.17) is 5.11 Å². The number of amides is 1. The second kappa shape index (κ2) is 3.96. The van der Waals surface area contributed by atoms with Gasteiger partial charge in [0.1, 0.15) is 5.01 Å². The number of carbonyl (C=O) groups is 1. The van der Waals surface area contributed by atoms with Crippen molar-refractivity contribution in [3.8, 4) is 0 Å². The van der Waals surface area contributed by atoms with Gasteiger partial charge in [-0.3, -0.25) is 4.90 Å². The van der Waals surface area contributed by atoms with Gasteiger partial charge in [-0.2, -0.15) is 0 Å². The van der Waals surface area contributed by atoms with E-state index >= 15 is 0 Å². The van der Waals surface area contributed by atoms with E-state index in [2.05, 4.69) is 4.98 Å². The fraction of sp³-hybridized carbons (Fsp3) is 0.556. The number of hydrogen-bond donors (Lipinski definition) is 1. The van der Waals surface area contributed by atoms with Crippen LogP contribution in [0.25, 0.3) is 0 Å². The van der Waals surface area contributed by atoms with Crippen molar-refractivity contribution in [2.75, 3.05) is 6.54 Å². The first-order valence-corrected chi connectivity index (χ1v) is 5.56. The summed E-state index contributed by atoms with van der Waals surface area (Å²) in [5.41, 5.74) is 0. The molecule has 2 rings (SSSR count). The van der Waals surface area contributed by atoms with Gasteiger partial charge in [0, 0.05) is 18.1 Å². The molecule has 0 saturated carbocycles. The Hall–Kier alpha value is -1.10. The van der Waals surface area contributed by atoms with Crippen LogP contribution in [0, 0.1) is 0 Å². The summed E-state index contributed by atoms with van der Waals surface area (Å²) in [7, 11) is 0. The third-order valence-corrected chi connectivity index (χ3v) is 3.36. The van der Waals surface area contributed by atoms with Crippen LogP contribution in [0.15, 0.2) is 11.6 Å². The maximum absolute atomic E-state index is 11.0. The molecule has 2 heterocycles. The minimum atomic E-state index is -0.829. The van der Waals surface area contributed by atoms with Crippen molar-refractivity contribution >= 4 is 17.4 Å². The molecule has 0 spiro atoms. The van der Waals surface area contributed by atoms with Gasteiger partial charge in [0.15, 0.2) is 0 Å². The highest BCUT2D eigenvalue weighted by Crippen LogP contribution is 2.31. The smallest absolute Gasteiger partial charge is 0.407 e. The van der Waals surface area contributed by atoms with Crippen molar-refractivity contribution in [2.45, 2.75) is 25.3 Å². The fourth-order valence-corrected chi connectivity index (χ4v) is 2.60. The Morgan fingerprint density at radius 2 is 2.50 bits per heavy atom. The van der Waals surface area contributed by atoms with Gasteiger partial charge < -0.3 is 5.11 Å². The largest absolute Gasteiger partial charge is 0.465 e. The first kappa shape index (κ1) is 9.45. The Bertz CT molecular complexity index is 313. The molecular weight excluding hydrogens is 200 g/mol. The van der Waals surface area contributed by atoms with E-state index < -0.39 is 6.09 Å². The number of thiazole rings is 1. The van der Waals surface area contributed by atoms with E-state index in [1.165, 1.54) is 16.2 Å². The Labute approximate surface area is 86.2 Å². The molecule has 1 saturated heterocycles. The predicted molar refractivity (Wildman–Crippen MR) is 53.4 cm³/mol. The maximum Gasteiger partial charge on any atom is 0.407 e. The van der Waals surface area contributed by atoms with Crippen LogP contribution in [0.4, 0.5) is 4.79 Å². The molecule has 1 aromatic rings. The van der Waals surface area contributed by atoms with E-state index in [-0.39, 0.29) is 6.04 Å². The molecule has 1 unspecified atom stereocenters. The molecule has 1 aromatic heterocycles. The monoisotopic (exact) mass is 212 g/mol. The van der Waals surface area contributed by atoms with Crippen LogP contribution in [0.1, 0.15) is 30.3 Å². The topological polar surface area (TPSA) is 53.4 Å². The lowest BCUT2D eigenvalue weighted by atomic mass is 10.0. The molecule has 76 valence electrons. The van der Waals surface area contributed by atoms with E-state index in [1.807, 2.05) is 5.38 Å². The van der Waals surface area contributed by atoms with Crippen molar-refractivity contribution in [3.63, 3.8) is 0 Å². The van der Waals surface area contributed by atoms with Crippen LogP contribution in [-0.2, 0) is 0 Å². The van der Waals surface area contributed by atoms with Crippen molar-refractivity contribution in [1.29, 1.82) is 0 Å². The zero-order valence-corrected chi connectivity index (χ0v) is 8.54. The standard InChI is InChI=1S/C9H12N2O2S/c12-9(13)11-5-2-1-3-7(11)8-10-4-6-14-8/h4,6-7H,1-3,5H2,(H,12,13). The zero-order chi connectivity index (χ0) is 9.97. The Morgan fingerprint density at radius 3 is 3.14 bits per heavy atom. The molecular formula is C9H12N2O2S.